The number of nitro groups is 1. The summed E-state index contributed by atoms with van der Waals surface area (Å²) in [6.07, 6.45) is 0. The van der Waals surface area contributed by atoms with Crippen LogP contribution in [-0.4, -0.2) is 30.1 Å². The Morgan fingerprint density at radius 2 is 2.06 bits per heavy atom. The monoisotopic (exact) mass is 256 g/mol. The normalized spacial score (nSPS) is 17.0. The lowest BCUT2D eigenvalue weighted by atomic mass is 10.2. The van der Waals surface area contributed by atoms with E-state index in [0.29, 0.717) is 4.31 Å². The highest BCUT2D eigenvalue weighted by Crippen LogP contribution is 2.32. The molecule has 0 aliphatic carbocycles. The minimum atomic E-state index is -3.92. The van der Waals surface area contributed by atoms with Crippen LogP contribution in [0.3, 0.4) is 0 Å². The van der Waals surface area contributed by atoms with Crippen molar-refractivity contribution >= 4 is 21.6 Å². The third-order valence-electron chi connectivity index (χ3n) is 2.49. The molecule has 7 nitrogen and oxygen atoms in total. The molecule has 1 aromatic rings. The number of hydrogen-bond acceptors (Lipinski definition) is 5. The van der Waals surface area contributed by atoms with Crippen LogP contribution in [0.25, 0.3) is 0 Å². The Morgan fingerprint density at radius 1 is 1.41 bits per heavy atom. The van der Waals surface area contributed by atoms with Crippen LogP contribution in [-0.2, 0) is 10.0 Å². The standard InChI is InChI=1S/C9H8N2O5S/c1-2-10-9(12)7-4-3-6(11(13)14)5-8(7)17(10,15)16/h3-5H,2H2,1H3. The van der Waals surface area contributed by atoms with Crippen molar-refractivity contribution in [1.82, 2.24) is 4.31 Å². The molecule has 0 N–H and O–H groups in total. The van der Waals surface area contributed by atoms with Crippen LogP contribution >= 0.6 is 0 Å². The number of nitrogens with zero attached hydrogens (tertiary/aromatic N) is 2. The summed E-state index contributed by atoms with van der Waals surface area (Å²) in [5.41, 5.74) is -0.365. The van der Waals surface area contributed by atoms with Gasteiger partial charge in [0.25, 0.3) is 21.6 Å². The summed E-state index contributed by atoms with van der Waals surface area (Å²) in [5.74, 6) is -0.641. The first-order chi connectivity index (χ1) is 7.89. The minimum absolute atomic E-state index is 0.00362. The van der Waals surface area contributed by atoms with Crippen LogP contribution in [0.5, 0.6) is 0 Å². The summed E-state index contributed by atoms with van der Waals surface area (Å²) < 4.78 is 24.5. The van der Waals surface area contributed by atoms with Crippen molar-refractivity contribution in [1.29, 1.82) is 0 Å². The number of hydrogen-bond donors (Lipinski definition) is 0. The summed E-state index contributed by atoms with van der Waals surface area (Å²) in [7, 11) is -3.92. The number of carbonyl (C=O) groups excluding carboxylic acids is 1. The second-order valence-corrected chi connectivity index (χ2v) is 5.24. The molecule has 0 saturated heterocycles. The molecule has 0 saturated carbocycles. The molecular formula is C9H8N2O5S. The molecule has 0 atom stereocenters. The number of nitro benzene ring substituents is 1. The maximum Gasteiger partial charge on any atom is 0.270 e. The van der Waals surface area contributed by atoms with E-state index in [1.165, 1.54) is 13.0 Å². The average molecular weight is 256 g/mol. The lowest BCUT2D eigenvalue weighted by molar-refractivity contribution is -0.385. The molecule has 2 rings (SSSR count). The largest absolute Gasteiger partial charge is 0.270 e. The van der Waals surface area contributed by atoms with E-state index in [2.05, 4.69) is 0 Å². The Balaban J connectivity index is 2.71. The van der Waals surface area contributed by atoms with E-state index in [1.54, 1.807) is 0 Å². The fourth-order valence-corrected chi connectivity index (χ4v) is 3.29. The topological polar surface area (TPSA) is 97.6 Å². The van der Waals surface area contributed by atoms with Crippen LogP contribution in [0.4, 0.5) is 5.69 Å². The third kappa shape index (κ3) is 1.48. The zero-order valence-electron chi connectivity index (χ0n) is 8.78. The number of rotatable bonds is 2. The third-order valence-corrected chi connectivity index (χ3v) is 4.39. The van der Waals surface area contributed by atoms with Gasteiger partial charge < -0.3 is 0 Å². The van der Waals surface area contributed by atoms with Crippen LogP contribution < -0.4 is 0 Å². The summed E-state index contributed by atoms with van der Waals surface area (Å²) in [6, 6.07) is 3.20. The lowest BCUT2D eigenvalue weighted by Crippen LogP contribution is -2.29. The summed E-state index contributed by atoms with van der Waals surface area (Å²) >= 11 is 0. The average Bonchev–Trinajstić information content (AvgIpc) is 2.46. The van der Waals surface area contributed by atoms with Gasteiger partial charge in [0.1, 0.15) is 4.90 Å². The molecule has 8 heteroatoms. The molecular weight excluding hydrogens is 248 g/mol. The number of sulfonamides is 1. The molecule has 0 fully saturated rings. The fourth-order valence-electron chi connectivity index (χ4n) is 1.69. The molecule has 0 radical (unpaired) electrons. The van der Waals surface area contributed by atoms with Gasteiger partial charge in [-0.05, 0) is 13.0 Å². The molecule has 0 bridgehead atoms. The molecule has 1 amide bonds. The highest BCUT2D eigenvalue weighted by molar-refractivity contribution is 7.90. The molecule has 17 heavy (non-hydrogen) atoms. The van der Waals surface area contributed by atoms with Crippen molar-refractivity contribution in [2.75, 3.05) is 6.54 Å². The highest BCUT2D eigenvalue weighted by atomic mass is 32.2. The van der Waals surface area contributed by atoms with Crippen LogP contribution in [0.2, 0.25) is 0 Å². The Labute approximate surface area is 96.9 Å². The van der Waals surface area contributed by atoms with Gasteiger partial charge in [-0.2, -0.15) is 0 Å². The zero-order valence-corrected chi connectivity index (χ0v) is 9.60. The van der Waals surface area contributed by atoms with Crippen LogP contribution in [0.1, 0.15) is 17.3 Å². The molecule has 90 valence electrons. The maximum absolute atomic E-state index is 11.9. The quantitative estimate of drug-likeness (QED) is 0.574. The van der Waals surface area contributed by atoms with Gasteiger partial charge in [-0.3, -0.25) is 14.9 Å². The van der Waals surface area contributed by atoms with Crippen LogP contribution in [0, 0.1) is 10.1 Å². The first-order valence-electron chi connectivity index (χ1n) is 4.75. The van der Waals surface area contributed by atoms with Crippen molar-refractivity contribution in [3.8, 4) is 0 Å². The first kappa shape index (κ1) is 11.5. The number of carbonyl (C=O) groups is 1. The Hall–Kier alpha value is -1.96. The Kier molecular flexibility index (Phi) is 2.39. The smallest absolute Gasteiger partial charge is 0.268 e. The Morgan fingerprint density at radius 3 is 2.59 bits per heavy atom. The van der Waals surface area contributed by atoms with Gasteiger partial charge in [0.15, 0.2) is 0 Å². The predicted molar refractivity (Wildman–Crippen MR) is 57.0 cm³/mol. The second-order valence-electron chi connectivity index (χ2n) is 3.41. The van der Waals surface area contributed by atoms with Crippen molar-refractivity contribution in [2.24, 2.45) is 0 Å². The highest BCUT2D eigenvalue weighted by Gasteiger charge is 2.41. The van der Waals surface area contributed by atoms with Crippen molar-refractivity contribution in [3.63, 3.8) is 0 Å². The van der Waals surface area contributed by atoms with Gasteiger partial charge >= 0.3 is 0 Å². The molecule has 1 heterocycles. The zero-order chi connectivity index (χ0) is 12.8. The molecule has 0 aromatic heterocycles. The van der Waals surface area contributed by atoms with Gasteiger partial charge in [0.05, 0.1) is 10.5 Å². The van der Waals surface area contributed by atoms with Crippen LogP contribution in [0.15, 0.2) is 23.1 Å². The van der Waals surface area contributed by atoms with Crippen molar-refractivity contribution in [2.45, 2.75) is 11.8 Å². The number of fused-ring (bicyclic) bond motifs is 1. The summed E-state index contributed by atoms with van der Waals surface area (Å²) in [5, 5.41) is 10.6. The Bertz CT molecular complexity index is 622. The van der Waals surface area contributed by atoms with E-state index in [0.717, 1.165) is 12.1 Å². The van der Waals surface area contributed by atoms with Gasteiger partial charge in [0, 0.05) is 18.7 Å². The lowest BCUT2D eigenvalue weighted by Gasteiger charge is -2.10. The molecule has 0 spiro atoms. The van der Waals surface area contributed by atoms with Gasteiger partial charge in [0.2, 0.25) is 0 Å². The number of benzene rings is 1. The fraction of sp³-hybridized carbons (Fsp3) is 0.222. The molecule has 0 unspecified atom stereocenters. The molecule has 1 aromatic carbocycles. The van der Waals surface area contributed by atoms with E-state index >= 15 is 0 Å². The summed E-state index contributed by atoms with van der Waals surface area (Å²) in [6.45, 7) is 1.53. The van der Waals surface area contributed by atoms with Gasteiger partial charge in [-0.1, -0.05) is 0 Å². The van der Waals surface area contributed by atoms with Crippen molar-refractivity contribution < 1.29 is 18.1 Å². The van der Waals surface area contributed by atoms with Gasteiger partial charge in [-0.25, -0.2) is 12.7 Å². The number of non-ortho nitro benzene ring substituents is 1. The molecule has 1 aliphatic rings. The summed E-state index contributed by atoms with van der Waals surface area (Å²) in [4.78, 5) is 21.3. The van der Waals surface area contributed by atoms with Crippen molar-refractivity contribution in [3.05, 3.63) is 33.9 Å². The first-order valence-corrected chi connectivity index (χ1v) is 6.19. The SMILES string of the molecule is CCN1C(=O)c2ccc([N+](=O)[O-])cc2S1(=O)=O. The minimum Gasteiger partial charge on any atom is -0.268 e. The van der Waals surface area contributed by atoms with Gasteiger partial charge in [-0.15, -0.1) is 0 Å². The maximum atomic E-state index is 11.9. The number of amides is 1. The second kappa shape index (κ2) is 3.52. The van der Waals surface area contributed by atoms with E-state index < -0.39 is 20.9 Å². The van der Waals surface area contributed by atoms with E-state index in [-0.39, 0.29) is 22.7 Å². The van der Waals surface area contributed by atoms with E-state index in [1.807, 2.05) is 0 Å². The predicted octanol–water partition coefficient (Wildman–Crippen LogP) is 0.759. The van der Waals surface area contributed by atoms with E-state index in [4.69, 9.17) is 0 Å². The molecule has 1 aliphatic heterocycles. The van der Waals surface area contributed by atoms with E-state index in [9.17, 15) is 23.3 Å².